The van der Waals surface area contributed by atoms with Crippen LogP contribution in [0, 0.1) is 0 Å². The molecule has 88 valence electrons. The minimum absolute atomic E-state index is 0.144. The lowest BCUT2D eigenvalue weighted by Crippen LogP contribution is -2.13. The molecule has 0 fully saturated rings. The summed E-state index contributed by atoms with van der Waals surface area (Å²) in [6.45, 7) is 2.47. The number of nitrogens with one attached hydrogen (secondary N) is 1. The molecule has 3 heteroatoms. The van der Waals surface area contributed by atoms with Crippen LogP contribution >= 0.6 is 11.3 Å². The zero-order valence-electron chi connectivity index (χ0n) is 9.77. The highest BCUT2D eigenvalue weighted by Crippen LogP contribution is 2.16. The Bertz CT molecular complexity index is 491. The molecule has 2 rings (SSSR count). The van der Waals surface area contributed by atoms with Gasteiger partial charge in [-0.3, -0.25) is 4.79 Å². The molecule has 0 spiro atoms. The Balaban J connectivity index is 2.00. The highest BCUT2D eigenvalue weighted by atomic mass is 32.1. The first-order valence-corrected chi connectivity index (χ1v) is 6.57. The number of rotatable bonds is 5. The van der Waals surface area contributed by atoms with Crippen molar-refractivity contribution in [3.8, 4) is 0 Å². The summed E-state index contributed by atoms with van der Waals surface area (Å²) in [5, 5.41) is 5.13. The first kappa shape index (κ1) is 11.9. The van der Waals surface area contributed by atoms with E-state index in [1.165, 1.54) is 16.9 Å². The summed E-state index contributed by atoms with van der Waals surface area (Å²) in [5.41, 5.74) is 2.30. The third kappa shape index (κ3) is 2.94. The summed E-state index contributed by atoms with van der Waals surface area (Å²) in [4.78, 5) is 12.6. The highest BCUT2D eigenvalue weighted by Gasteiger charge is 2.07. The summed E-state index contributed by atoms with van der Waals surface area (Å²) < 4.78 is 0. The summed E-state index contributed by atoms with van der Waals surface area (Å²) in [6.07, 6.45) is 0.969. The van der Waals surface area contributed by atoms with Gasteiger partial charge in [-0.25, -0.2) is 0 Å². The second-order valence-corrected chi connectivity index (χ2v) is 4.71. The van der Waals surface area contributed by atoms with Crippen LogP contribution in [0.4, 0.5) is 5.69 Å². The smallest absolute Gasteiger partial charge is 0.191 e. The average molecular weight is 245 g/mol. The summed E-state index contributed by atoms with van der Waals surface area (Å²) in [7, 11) is 0. The number of carbonyl (C=O) groups is 1. The standard InChI is InChI=1S/C14H15NOS/c1-2-11-6-3-4-7-12(11)15-10-13(16)14-8-5-9-17-14/h3-9,15H,2,10H2,1H3. The van der Waals surface area contributed by atoms with E-state index in [2.05, 4.69) is 18.3 Å². The van der Waals surface area contributed by atoms with Crippen LogP contribution in [-0.4, -0.2) is 12.3 Å². The molecule has 0 radical (unpaired) electrons. The van der Waals surface area contributed by atoms with Gasteiger partial charge in [-0.1, -0.05) is 31.2 Å². The van der Waals surface area contributed by atoms with Crippen LogP contribution < -0.4 is 5.32 Å². The molecule has 17 heavy (non-hydrogen) atoms. The molecular weight excluding hydrogens is 230 g/mol. The van der Waals surface area contributed by atoms with E-state index in [0.717, 1.165) is 17.0 Å². The molecule has 2 aromatic rings. The molecule has 0 saturated carbocycles. The third-order valence-electron chi connectivity index (χ3n) is 2.63. The topological polar surface area (TPSA) is 29.1 Å². The predicted molar refractivity (Wildman–Crippen MR) is 73.0 cm³/mol. The lowest BCUT2D eigenvalue weighted by molar-refractivity contribution is 0.101. The number of aryl methyl sites for hydroxylation is 1. The molecule has 2 nitrogen and oxygen atoms in total. The molecule has 0 aliphatic carbocycles. The van der Waals surface area contributed by atoms with Crippen LogP contribution in [0.1, 0.15) is 22.2 Å². The van der Waals surface area contributed by atoms with E-state index in [0.29, 0.717) is 6.54 Å². The number of anilines is 1. The van der Waals surface area contributed by atoms with E-state index in [9.17, 15) is 4.79 Å². The first-order valence-electron chi connectivity index (χ1n) is 5.69. The van der Waals surface area contributed by atoms with Gasteiger partial charge in [-0.2, -0.15) is 0 Å². The number of hydrogen-bond donors (Lipinski definition) is 1. The average Bonchev–Trinajstić information content (AvgIpc) is 2.90. The zero-order chi connectivity index (χ0) is 12.1. The van der Waals surface area contributed by atoms with Gasteiger partial charge in [-0.15, -0.1) is 11.3 Å². The number of ketones is 1. The van der Waals surface area contributed by atoms with Gasteiger partial charge < -0.3 is 5.32 Å². The van der Waals surface area contributed by atoms with Crippen molar-refractivity contribution in [2.45, 2.75) is 13.3 Å². The quantitative estimate of drug-likeness (QED) is 0.815. The second kappa shape index (κ2) is 5.64. The van der Waals surface area contributed by atoms with E-state index in [1.54, 1.807) is 0 Å². The molecule has 0 unspecified atom stereocenters. The molecule has 0 aliphatic rings. The van der Waals surface area contributed by atoms with Crippen molar-refractivity contribution in [3.05, 3.63) is 52.2 Å². The fourth-order valence-electron chi connectivity index (χ4n) is 1.70. The van der Waals surface area contributed by atoms with Gasteiger partial charge in [0.15, 0.2) is 5.78 Å². The lowest BCUT2D eigenvalue weighted by Gasteiger charge is -2.09. The normalized spacial score (nSPS) is 10.2. The lowest BCUT2D eigenvalue weighted by atomic mass is 10.1. The number of para-hydroxylation sites is 1. The number of Topliss-reactive ketones (excluding diaryl/α,β-unsaturated/α-hetero) is 1. The Morgan fingerprint density at radius 3 is 2.76 bits per heavy atom. The van der Waals surface area contributed by atoms with E-state index in [1.807, 2.05) is 35.7 Å². The van der Waals surface area contributed by atoms with Gasteiger partial charge in [-0.05, 0) is 29.5 Å². The maximum absolute atomic E-state index is 11.8. The van der Waals surface area contributed by atoms with Crippen molar-refractivity contribution in [2.75, 3.05) is 11.9 Å². The van der Waals surface area contributed by atoms with E-state index in [4.69, 9.17) is 0 Å². The SMILES string of the molecule is CCc1ccccc1NCC(=O)c1cccs1. The minimum atomic E-state index is 0.144. The van der Waals surface area contributed by atoms with Crippen LogP contribution in [-0.2, 0) is 6.42 Å². The van der Waals surface area contributed by atoms with Crippen molar-refractivity contribution in [3.63, 3.8) is 0 Å². The molecule has 0 amide bonds. The molecule has 0 saturated heterocycles. The van der Waals surface area contributed by atoms with Crippen molar-refractivity contribution < 1.29 is 4.79 Å². The molecule has 1 aromatic carbocycles. The van der Waals surface area contributed by atoms with Gasteiger partial charge in [0.05, 0.1) is 11.4 Å². The molecule has 1 heterocycles. The first-order chi connectivity index (χ1) is 8.31. The molecule has 1 N–H and O–H groups in total. The Hall–Kier alpha value is -1.61. The number of thiophene rings is 1. The van der Waals surface area contributed by atoms with Crippen LogP contribution in [0.3, 0.4) is 0 Å². The van der Waals surface area contributed by atoms with Crippen LogP contribution in [0.15, 0.2) is 41.8 Å². The number of benzene rings is 1. The van der Waals surface area contributed by atoms with E-state index < -0.39 is 0 Å². The van der Waals surface area contributed by atoms with E-state index >= 15 is 0 Å². The van der Waals surface area contributed by atoms with Gasteiger partial charge in [0.25, 0.3) is 0 Å². The fraction of sp³-hybridized carbons (Fsp3) is 0.214. The van der Waals surface area contributed by atoms with Crippen molar-refractivity contribution in [1.29, 1.82) is 0 Å². The van der Waals surface area contributed by atoms with Gasteiger partial charge >= 0.3 is 0 Å². The van der Waals surface area contributed by atoms with Crippen LogP contribution in [0.5, 0.6) is 0 Å². The molecule has 0 atom stereocenters. The molecule has 1 aromatic heterocycles. The maximum Gasteiger partial charge on any atom is 0.191 e. The van der Waals surface area contributed by atoms with Crippen molar-refractivity contribution in [2.24, 2.45) is 0 Å². The largest absolute Gasteiger partial charge is 0.377 e. The number of hydrogen-bond acceptors (Lipinski definition) is 3. The minimum Gasteiger partial charge on any atom is -0.377 e. The Labute approximate surface area is 105 Å². The Kier molecular flexibility index (Phi) is 3.94. The van der Waals surface area contributed by atoms with Crippen molar-refractivity contribution >= 4 is 22.8 Å². The Morgan fingerprint density at radius 2 is 2.06 bits per heavy atom. The van der Waals surface area contributed by atoms with Gasteiger partial charge in [0, 0.05) is 5.69 Å². The Morgan fingerprint density at radius 1 is 1.24 bits per heavy atom. The summed E-state index contributed by atoms with van der Waals surface area (Å²) >= 11 is 1.49. The van der Waals surface area contributed by atoms with Crippen molar-refractivity contribution in [1.82, 2.24) is 0 Å². The maximum atomic E-state index is 11.8. The predicted octanol–water partition coefficient (Wildman–Crippen LogP) is 3.61. The van der Waals surface area contributed by atoms with Gasteiger partial charge in [0.1, 0.15) is 0 Å². The number of carbonyl (C=O) groups excluding carboxylic acids is 1. The van der Waals surface area contributed by atoms with E-state index in [-0.39, 0.29) is 5.78 Å². The highest BCUT2D eigenvalue weighted by molar-refractivity contribution is 7.12. The van der Waals surface area contributed by atoms with Crippen LogP contribution in [0.2, 0.25) is 0 Å². The molecular formula is C14H15NOS. The monoisotopic (exact) mass is 245 g/mol. The zero-order valence-corrected chi connectivity index (χ0v) is 10.6. The van der Waals surface area contributed by atoms with Crippen LogP contribution in [0.25, 0.3) is 0 Å². The summed E-state index contributed by atoms with van der Waals surface area (Å²) in [6, 6.07) is 11.9. The second-order valence-electron chi connectivity index (χ2n) is 3.76. The third-order valence-corrected chi connectivity index (χ3v) is 3.54. The van der Waals surface area contributed by atoms with Gasteiger partial charge in [0.2, 0.25) is 0 Å². The summed E-state index contributed by atoms with van der Waals surface area (Å²) in [5.74, 6) is 0.144. The fourth-order valence-corrected chi connectivity index (χ4v) is 2.37. The molecule has 0 aliphatic heterocycles. The molecule has 0 bridgehead atoms.